The van der Waals surface area contributed by atoms with E-state index in [1.807, 2.05) is 42.5 Å². The lowest BCUT2D eigenvalue weighted by atomic mass is 10.0. The van der Waals surface area contributed by atoms with Gasteiger partial charge in [-0.05, 0) is 23.3 Å². The van der Waals surface area contributed by atoms with Crippen molar-refractivity contribution < 1.29 is 4.79 Å². The minimum absolute atomic E-state index is 0.0846. The first kappa shape index (κ1) is 8.95. The largest absolute Gasteiger partial charge is 0.299 e. The standard InChI is InChI=1S/C13H11O/c1-10(14)9-12-7-4-6-11-5-2-3-8-13(11)12/h2-9H,1H3. The van der Waals surface area contributed by atoms with E-state index >= 15 is 0 Å². The predicted molar refractivity (Wildman–Crippen MR) is 58.0 cm³/mol. The van der Waals surface area contributed by atoms with E-state index in [1.54, 1.807) is 13.3 Å². The van der Waals surface area contributed by atoms with E-state index in [0.717, 1.165) is 10.9 Å². The Balaban J connectivity index is 2.59. The maximum atomic E-state index is 11.0. The molecular formula is C13H11O. The van der Waals surface area contributed by atoms with Crippen LogP contribution in [0, 0.1) is 6.42 Å². The van der Waals surface area contributed by atoms with E-state index in [1.165, 1.54) is 5.39 Å². The van der Waals surface area contributed by atoms with Gasteiger partial charge >= 0.3 is 0 Å². The van der Waals surface area contributed by atoms with Crippen LogP contribution in [0.3, 0.4) is 0 Å². The van der Waals surface area contributed by atoms with E-state index in [4.69, 9.17) is 0 Å². The second-order valence-corrected chi connectivity index (χ2v) is 3.32. The molecule has 1 nitrogen and oxygen atoms in total. The molecule has 0 unspecified atom stereocenters. The predicted octanol–water partition coefficient (Wildman–Crippen LogP) is 2.98. The van der Waals surface area contributed by atoms with Gasteiger partial charge in [0.05, 0.1) is 6.42 Å². The monoisotopic (exact) mass is 183 g/mol. The van der Waals surface area contributed by atoms with Gasteiger partial charge in [0.25, 0.3) is 0 Å². The molecule has 0 aliphatic carbocycles. The number of carbonyl (C=O) groups is 1. The Labute approximate surface area is 83.4 Å². The quantitative estimate of drug-likeness (QED) is 0.699. The highest BCUT2D eigenvalue weighted by atomic mass is 16.1. The Bertz CT molecular complexity index is 466. The van der Waals surface area contributed by atoms with Crippen molar-refractivity contribution in [2.24, 2.45) is 0 Å². The summed E-state index contributed by atoms with van der Waals surface area (Å²) in [5, 5.41) is 2.30. The summed E-state index contributed by atoms with van der Waals surface area (Å²) in [5.74, 6) is 0.0846. The molecule has 1 radical (unpaired) electrons. The third-order valence-electron chi connectivity index (χ3n) is 2.18. The Morgan fingerprint density at radius 2 is 1.79 bits per heavy atom. The summed E-state index contributed by atoms with van der Waals surface area (Å²) in [6, 6.07) is 14.0. The molecule has 0 amide bonds. The molecule has 0 fully saturated rings. The van der Waals surface area contributed by atoms with Gasteiger partial charge in [0.1, 0.15) is 5.78 Å². The molecule has 0 atom stereocenters. The highest BCUT2D eigenvalue weighted by molar-refractivity contribution is 5.96. The van der Waals surface area contributed by atoms with Crippen molar-refractivity contribution in [3.8, 4) is 0 Å². The number of Topliss-reactive ketones (excluding diaryl/α,β-unsaturated/α-hetero) is 1. The molecule has 0 aromatic heterocycles. The summed E-state index contributed by atoms with van der Waals surface area (Å²) < 4.78 is 0. The molecule has 69 valence electrons. The van der Waals surface area contributed by atoms with E-state index in [0.29, 0.717) is 0 Å². The minimum atomic E-state index is 0.0846. The summed E-state index contributed by atoms with van der Waals surface area (Å²) >= 11 is 0. The fourth-order valence-corrected chi connectivity index (χ4v) is 1.60. The van der Waals surface area contributed by atoms with E-state index in [2.05, 4.69) is 0 Å². The highest BCUT2D eigenvalue weighted by Crippen LogP contribution is 2.19. The van der Waals surface area contributed by atoms with Crippen LogP contribution in [0.15, 0.2) is 42.5 Å². The van der Waals surface area contributed by atoms with Crippen LogP contribution in [-0.2, 0) is 4.79 Å². The Kier molecular flexibility index (Phi) is 2.32. The average Bonchev–Trinajstić information content (AvgIpc) is 2.18. The number of ketones is 1. The molecule has 14 heavy (non-hydrogen) atoms. The topological polar surface area (TPSA) is 17.1 Å². The van der Waals surface area contributed by atoms with Crippen LogP contribution in [0.4, 0.5) is 0 Å². The molecule has 0 aliphatic heterocycles. The van der Waals surface area contributed by atoms with Crippen LogP contribution in [-0.4, -0.2) is 5.78 Å². The number of hydrogen-bond acceptors (Lipinski definition) is 1. The summed E-state index contributed by atoms with van der Waals surface area (Å²) in [7, 11) is 0. The van der Waals surface area contributed by atoms with Crippen molar-refractivity contribution in [3.63, 3.8) is 0 Å². The summed E-state index contributed by atoms with van der Waals surface area (Å²) in [4.78, 5) is 11.0. The summed E-state index contributed by atoms with van der Waals surface area (Å²) in [6.45, 7) is 1.57. The van der Waals surface area contributed by atoms with Crippen molar-refractivity contribution in [2.75, 3.05) is 0 Å². The van der Waals surface area contributed by atoms with Crippen LogP contribution in [0.25, 0.3) is 10.8 Å². The zero-order chi connectivity index (χ0) is 9.97. The molecule has 2 aromatic rings. The summed E-state index contributed by atoms with van der Waals surface area (Å²) in [5.41, 5.74) is 0.996. The number of carbonyl (C=O) groups excluding carboxylic acids is 1. The molecule has 0 saturated carbocycles. The van der Waals surface area contributed by atoms with Gasteiger partial charge < -0.3 is 0 Å². The van der Waals surface area contributed by atoms with E-state index < -0.39 is 0 Å². The first-order valence-electron chi connectivity index (χ1n) is 4.60. The number of rotatable bonds is 2. The number of hydrogen-bond donors (Lipinski definition) is 0. The number of fused-ring (bicyclic) bond motifs is 1. The lowest BCUT2D eigenvalue weighted by molar-refractivity contribution is -0.113. The van der Waals surface area contributed by atoms with Crippen LogP contribution in [0.2, 0.25) is 0 Å². The van der Waals surface area contributed by atoms with Gasteiger partial charge in [-0.2, -0.15) is 0 Å². The maximum Gasteiger partial charge on any atom is 0.138 e. The molecule has 1 heteroatoms. The summed E-state index contributed by atoms with van der Waals surface area (Å²) in [6.07, 6.45) is 1.67. The van der Waals surface area contributed by atoms with E-state index in [9.17, 15) is 4.79 Å². The van der Waals surface area contributed by atoms with Crippen LogP contribution < -0.4 is 0 Å². The fourth-order valence-electron chi connectivity index (χ4n) is 1.60. The van der Waals surface area contributed by atoms with Crippen molar-refractivity contribution >= 4 is 16.6 Å². The van der Waals surface area contributed by atoms with Crippen LogP contribution in [0.5, 0.6) is 0 Å². The average molecular weight is 183 g/mol. The minimum Gasteiger partial charge on any atom is -0.299 e. The first-order valence-corrected chi connectivity index (χ1v) is 4.60. The normalized spacial score (nSPS) is 10.4. The third-order valence-corrected chi connectivity index (χ3v) is 2.18. The van der Waals surface area contributed by atoms with Crippen molar-refractivity contribution in [1.29, 1.82) is 0 Å². The molecular weight excluding hydrogens is 172 g/mol. The zero-order valence-corrected chi connectivity index (χ0v) is 8.03. The molecule has 0 aliphatic rings. The SMILES string of the molecule is CC(=O)[CH]c1cccc2ccccc12. The Hall–Kier alpha value is -1.63. The van der Waals surface area contributed by atoms with Crippen molar-refractivity contribution in [1.82, 2.24) is 0 Å². The molecule has 0 bridgehead atoms. The van der Waals surface area contributed by atoms with Gasteiger partial charge in [-0.15, -0.1) is 0 Å². The molecule has 2 rings (SSSR count). The lowest BCUT2D eigenvalue weighted by Gasteiger charge is -2.03. The van der Waals surface area contributed by atoms with Crippen molar-refractivity contribution in [3.05, 3.63) is 54.4 Å². The molecule has 0 saturated heterocycles. The first-order chi connectivity index (χ1) is 6.77. The van der Waals surface area contributed by atoms with Gasteiger partial charge in [-0.1, -0.05) is 42.5 Å². The van der Waals surface area contributed by atoms with Gasteiger partial charge in [-0.3, -0.25) is 4.79 Å². The van der Waals surface area contributed by atoms with E-state index in [-0.39, 0.29) is 5.78 Å². The third kappa shape index (κ3) is 1.67. The highest BCUT2D eigenvalue weighted by Gasteiger charge is 2.02. The molecule has 0 spiro atoms. The molecule has 0 heterocycles. The number of benzene rings is 2. The molecule has 2 aromatic carbocycles. The second-order valence-electron chi connectivity index (χ2n) is 3.32. The smallest absolute Gasteiger partial charge is 0.138 e. The van der Waals surface area contributed by atoms with Gasteiger partial charge in [0, 0.05) is 0 Å². The Morgan fingerprint density at radius 3 is 2.57 bits per heavy atom. The maximum absolute atomic E-state index is 11.0. The van der Waals surface area contributed by atoms with Crippen LogP contribution in [0.1, 0.15) is 12.5 Å². The molecule has 0 N–H and O–H groups in total. The van der Waals surface area contributed by atoms with Gasteiger partial charge in [0.2, 0.25) is 0 Å². The fraction of sp³-hybridized carbons (Fsp3) is 0.0769. The van der Waals surface area contributed by atoms with Crippen LogP contribution >= 0.6 is 0 Å². The Morgan fingerprint density at radius 1 is 1.07 bits per heavy atom. The lowest BCUT2D eigenvalue weighted by Crippen LogP contribution is -1.93. The second kappa shape index (κ2) is 3.62. The zero-order valence-electron chi connectivity index (χ0n) is 8.03. The van der Waals surface area contributed by atoms with Gasteiger partial charge in [0.15, 0.2) is 0 Å². The van der Waals surface area contributed by atoms with Gasteiger partial charge in [-0.25, -0.2) is 0 Å². The van der Waals surface area contributed by atoms with Crippen molar-refractivity contribution in [2.45, 2.75) is 6.92 Å².